The Bertz CT molecular complexity index is 1050. The van der Waals surface area contributed by atoms with Gasteiger partial charge in [0.05, 0.1) is 12.6 Å². The summed E-state index contributed by atoms with van der Waals surface area (Å²) in [6.45, 7) is 4.64. The second-order valence-electron chi connectivity index (χ2n) is 6.68. The molecule has 8 nitrogen and oxygen atoms in total. The predicted octanol–water partition coefficient (Wildman–Crippen LogP) is 2.76. The molecular weight excluding hydrogens is 352 g/mol. The fourth-order valence-corrected chi connectivity index (χ4v) is 3.15. The number of hydrogen-bond donors (Lipinski definition) is 2. The van der Waals surface area contributed by atoms with E-state index in [4.69, 9.17) is 5.73 Å². The van der Waals surface area contributed by atoms with Crippen molar-refractivity contribution >= 4 is 0 Å². The van der Waals surface area contributed by atoms with Crippen LogP contribution in [0, 0.1) is 0 Å². The van der Waals surface area contributed by atoms with E-state index >= 15 is 0 Å². The molecular formula is C20H22N8. The van der Waals surface area contributed by atoms with Gasteiger partial charge in [-0.2, -0.15) is 5.10 Å². The topological polar surface area (TPSA) is 111 Å². The Labute approximate surface area is 162 Å². The number of nitrogens with two attached hydrogens (primary N) is 1. The number of nitrogens with zero attached hydrogens (tertiary/aromatic N) is 6. The number of benzene rings is 2. The first-order chi connectivity index (χ1) is 13.7. The molecule has 0 amide bonds. The number of aryl methyl sites for hydroxylation is 1. The van der Waals surface area contributed by atoms with Gasteiger partial charge in [-0.05, 0) is 34.0 Å². The molecule has 3 N–H and O–H groups in total. The second-order valence-corrected chi connectivity index (χ2v) is 6.68. The van der Waals surface area contributed by atoms with Crippen molar-refractivity contribution in [3.8, 4) is 22.5 Å². The van der Waals surface area contributed by atoms with E-state index in [2.05, 4.69) is 68.0 Å². The third-order valence-corrected chi connectivity index (χ3v) is 4.61. The fraction of sp³-hybridized carbons (Fsp3) is 0.250. The van der Waals surface area contributed by atoms with E-state index in [-0.39, 0.29) is 6.04 Å². The molecule has 4 rings (SSSR count). The molecule has 0 bridgehead atoms. The van der Waals surface area contributed by atoms with Crippen LogP contribution in [0.1, 0.15) is 37.1 Å². The molecule has 0 aliphatic heterocycles. The minimum atomic E-state index is -0.170. The van der Waals surface area contributed by atoms with Crippen molar-refractivity contribution in [2.45, 2.75) is 32.9 Å². The van der Waals surface area contributed by atoms with Gasteiger partial charge in [0.1, 0.15) is 5.82 Å². The Hall–Kier alpha value is -3.39. The number of aromatic nitrogens is 7. The molecule has 8 heteroatoms. The van der Waals surface area contributed by atoms with E-state index in [1.165, 1.54) is 0 Å². The number of aromatic amines is 1. The zero-order valence-corrected chi connectivity index (χ0v) is 15.9. The molecule has 0 aliphatic carbocycles. The summed E-state index contributed by atoms with van der Waals surface area (Å²) in [5, 5.41) is 18.8. The van der Waals surface area contributed by atoms with Crippen LogP contribution in [0.25, 0.3) is 22.5 Å². The average molecular weight is 374 g/mol. The number of rotatable bonds is 6. The highest BCUT2D eigenvalue weighted by atomic mass is 15.5. The van der Waals surface area contributed by atoms with E-state index in [9.17, 15) is 0 Å². The lowest BCUT2D eigenvalue weighted by Crippen LogP contribution is -2.09. The van der Waals surface area contributed by atoms with E-state index in [0.717, 1.165) is 34.5 Å². The second kappa shape index (κ2) is 7.69. The van der Waals surface area contributed by atoms with Crippen molar-refractivity contribution in [3.63, 3.8) is 0 Å². The lowest BCUT2D eigenvalue weighted by atomic mass is 9.98. The average Bonchev–Trinajstić information content (AvgIpc) is 3.39. The summed E-state index contributed by atoms with van der Waals surface area (Å²) in [5.74, 6) is 2.28. The van der Waals surface area contributed by atoms with Gasteiger partial charge in [0.15, 0.2) is 11.6 Å². The van der Waals surface area contributed by atoms with E-state index < -0.39 is 0 Å². The van der Waals surface area contributed by atoms with Crippen molar-refractivity contribution in [2.75, 3.05) is 0 Å². The van der Waals surface area contributed by atoms with Crippen molar-refractivity contribution in [1.82, 2.24) is 35.4 Å². The molecule has 0 saturated carbocycles. The summed E-state index contributed by atoms with van der Waals surface area (Å²) in [6, 6.07) is 16.3. The predicted molar refractivity (Wildman–Crippen MR) is 106 cm³/mol. The van der Waals surface area contributed by atoms with Gasteiger partial charge in [0, 0.05) is 12.0 Å². The Kier molecular flexibility index (Phi) is 4.94. The normalized spacial score (nSPS) is 12.2. The van der Waals surface area contributed by atoms with Crippen LogP contribution in [0.15, 0.2) is 48.5 Å². The lowest BCUT2D eigenvalue weighted by molar-refractivity contribution is 0.625. The number of hydrogen-bond acceptors (Lipinski definition) is 6. The molecule has 1 unspecified atom stereocenters. The first-order valence-corrected chi connectivity index (χ1v) is 9.27. The molecule has 0 radical (unpaired) electrons. The third-order valence-electron chi connectivity index (χ3n) is 4.61. The van der Waals surface area contributed by atoms with Crippen molar-refractivity contribution in [2.24, 2.45) is 5.73 Å². The molecule has 2 aromatic carbocycles. The summed E-state index contributed by atoms with van der Waals surface area (Å²) < 4.78 is 1.93. The van der Waals surface area contributed by atoms with Gasteiger partial charge in [-0.3, -0.25) is 0 Å². The van der Waals surface area contributed by atoms with Crippen LogP contribution in [-0.2, 0) is 13.0 Å². The molecule has 0 aliphatic rings. The molecule has 4 aromatic rings. The van der Waals surface area contributed by atoms with Crippen LogP contribution < -0.4 is 5.73 Å². The molecule has 142 valence electrons. The number of tetrazole rings is 1. The fourth-order valence-electron chi connectivity index (χ4n) is 3.15. The van der Waals surface area contributed by atoms with Crippen molar-refractivity contribution < 1.29 is 0 Å². The quantitative estimate of drug-likeness (QED) is 0.537. The minimum Gasteiger partial charge on any atom is -0.321 e. The largest absolute Gasteiger partial charge is 0.321 e. The smallest absolute Gasteiger partial charge is 0.180 e. The zero-order chi connectivity index (χ0) is 19.5. The maximum atomic E-state index is 5.93. The highest BCUT2D eigenvalue weighted by molar-refractivity contribution is 5.80. The Balaban J connectivity index is 1.61. The van der Waals surface area contributed by atoms with Crippen LogP contribution >= 0.6 is 0 Å². The van der Waals surface area contributed by atoms with Crippen LogP contribution in [-0.4, -0.2) is 35.4 Å². The minimum absolute atomic E-state index is 0.170. The Morgan fingerprint density at radius 3 is 2.46 bits per heavy atom. The van der Waals surface area contributed by atoms with Gasteiger partial charge in [-0.25, -0.2) is 14.8 Å². The maximum Gasteiger partial charge on any atom is 0.180 e. The van der Waals surface area contributed by atoms with Crippen LogP contribution in [0.3, 0.4) is 0 Å². The first kappa shape index (κ1) is 18.0. The van der Waals surface area contributed by atoms with Crippen molar-refractivity contribution in [3.05, 3.63) is 65.7 Å². The number of H-pyrrole nitrogens is 1. The SMILES string of the molecule is CCc1nc(C(C)N)nn1Cc1ccc(-c2ccccc2-c2nnn[nH]2)cc1. The molecule has 0 fully saturated rings. The Morgan fingerprint density at radius 2 is 1.82 bits per heavy atom. The molecule has 0 spiro atoms. The van der Waals surface area contributed by atoms with Crippen LogP contribution in [0.2, 0.25) is 0 Å². The summed E-state index contributed by atoms with van der Waals surface area (Å²) >= 11 is 0. The van der Waals surface area contributed by atoms with Crippen molar-refractivity contribution in [1.29, 1.82) is 0 Å². The summed E-state index contributed by atoms with van der Waals surface area (Å²) in [6.07, 6.45) is 0.816. The molecule has 2 heterocycles. The first-order valence-electron chi connectivity index (χ1n) is 9.27. The number of nitrogens with one attached hydrogen (secondary N) is 1. The summed E-state index contributed by atoms with van der Waals surface area (Å²) in [7, 11) is 0. The van der Waals surface area contributed by atoms with Gasteiger partial charge in [-0.15, -0.1) is 5.10 Å². The van der Waals surface area contributed by atoms with E-state index in [0.29, 0.717) is 18.2 Å². The summed E-state index contributed by atoms with van der Waals surface area (Å²) in [5.41, 5.74) is 10.2. The van der Waals surface area contributed by atoms with Gasteiger partial charge in [0.2, 0.25) is 0 Å². The van der Waals surface area contributed by atoms with Gasteiger partial charge in [-0.1, -0.05) is 55.5 Å². The van der Waals surface area contributed by atoms with Crippen LogP contribution in [0.5, 0.6) is 0 Å². The third kappa shape index (κ3) is 3.54. The van der Waals surface area contributed by atoms with E-state index in [1.54, 1.807) is 0 Å². The standard InChI is InChI=1S/C20H22N8/c1-3-18-22-19(13(2)21)25-28(18)12-14-8-10-15(11-9-14)16-6-4-5-7-17(16)20-23-26-27-24-20/h4-11,13H,3,12,21H2,1-2H3,(H,23,24,26,27). The lowest BCUT2D eigenvalue weighted by Gasteiger charge is -2.09. The Morgan fingerprint density at radius 1 is 1.07 bits per heavy atom. The highest BCUT2D eigenvalue weighted by Gasteiger charge is 2.13. The maximum absolute atomic E-state index is 5.93. The molecule has 28 heavy (non-hydrogen) atoms. The van der Waals surface area contributed by atoms with E-state index in [1.807, 2.05) is 29.8 Å². The van der Waals surface area contributed by atoms with Gasteiger partial charge < -0.3 is 5.73 Å². The molecule has 0 saturated heterocycles. The monoisotopic (exact) mass is 374 g/mol. The zero-order valence-electron chi connectivity index (χ0n) is 15.9. The summed E-state index contributed by atoms with van der Waals surface area (Å²) in [4.78, 5) is 4.53. The molecule has 2 aromatic heterocycles. The van der Waals surface area contributed by atoms with Gasteiger partial charge >= 0.3 is 0 Å². The van der Waals surface area contributed by atoms with Gasteiger partial charge in [0.25, 0.3) is 0 Å². The highest BCUT2D eigenvalue weighted by Crippen LogP contribution is 2.29. The van der Waals surface area contributed by atoms with Crippen LogP contribution in [0.4, 0.5) is 0 Å². The molecule has 1 atom stereocenters.